The molecule has 0 aliphatic heterocycles. The number of hydrogen-bond donors (Lipinski definition) is 0. The zero-order chi connectivity index (χ0) is 12.1. The highest BCUT2D eigenvalue weighted by Crippen LogP contribution is 2.22. The molecule has 0 radical (unpaired) electrons. The highest BCUT2D eigenvalue weighted by Gasteiger charge is 2.16. The average molecular weight is 296 g/mol. The van der Waals surface area contributed by atoms with E-state index in [1.54, 1.807) is 0 Å². The summed E-state index contributed by atoms with van der Waals surface area (Å²) in [5, 5.41) is 0. The number of halogens is 1. The average Bonchev–Trinajstić information content (AvgIpc) is 2.57. The summed E-state index contributed by atoms with van der Waals surface area (Å²) in [5.41, 5.74) is 1.41. The van der Waals surface area contributed by atoms with Gasteiger partial charge in [-0.05, 0) is 37.6 Å². The van der Waals surface area contributed by atoms with Crippen LogP contribution in [0.1, 0.15) is 44.1 Å². The summed E-state index contributed by atoms with van der Waals surface area (Å²) in [6.45, 7) is 1.07. The fourth-order valence-electron chi connectivity index (χ4n) is 2.75. The van der Waals surface area contributed by atoms with Crippen molar-refractivity contribution in [3.8, 4) is 0 Å². The highest BCUT2D eigenvalue weighted by atomic mass is 79.9. The van der Waals surface area contributed by atoms with Crippen molar-refractivity contribution in [2.24, 2.45) is 0 Å². The molecule has 0 heterocycles. The topological polar surface area (TPSA) is 3.24 Å². The van der Waals surface area contributed by atoms with Crippen LogP contribution in [0.3, 0.4) is 0 Å². The van der Waals surface area contributed by atoms with Gasteiger partial charge in [0.05, 0.1) is 0 Å². The Morgan fingerprint density at radius 2 is 1.88 bits per heavy atom. The van der Waals surface area contributed by atoms with Gasteiger partial charge in [0.2, 0.25) is 0 Å². The molecule has 2 heteroatoms. The molecule has 0 saturated heterocycles. The minimum atomic E-state index is 0.788. The van der Waals surface area contributed by atoms with Crippen molar-refractivity contribution < 1.29 is 0 Å². The van der Waals surface area contributed by atoms with Crippen molar-refractivity contribution in [1.82, 2.24) is 4.90 Å². The first kappa shape index (κ1) is 13.1. The Labute approximate surface area is 113 Å². The smallest absolute Gasteiger partial charge is 0.0234 e. The second-order valence-corrected chi connectivity index (χ2v) is 6.11. The summed E-state index contributed by atoms with van der Waals surface area (Å²) >= 11 is 3.54. The maximum atomic E-state index is 3.54. The van der Waals surface area contributed by atoms with Crippen molar-refractivity contribution in [3.63, 3.8) is 0 Å². The Morgan fingerprint density at radius 1 is 1.18 bits per heavy atom. The van der Waals surface area contributed by atoms with E-state index >= 15 is 0 Å². The van der Waals surface area contributed by atoms with Crippen LogP contribution < -0.4 is 0 Å². The minimum Gasteiger partial charge on any atom is -0.299 e. The Kier molecular flexibility index (Phi) is 5.05. The summed E-state index contributed by atoms with van der Waals surface area (Å²) in [4.78, 5) is 2.53. The van der Waals surface area contributed by atoms with E-state index in [-0.39, 0.29) is 0 Å². The SMILES string of the molecule is CN(Cc1cccc(Br)c1)C1CCCCCC1. The first-order valence-electron chi connectivity index (χ1n) is 6.70. The maximum absolute atomic E-state index is 3.54. The van der Waals surface area contributed by atoms with Crippen LogP contribution in [0.5, 0.6) is 0 Å². The standard InChI is InChI=1S/C15H22BrN/c1-17(15-9-4-2-3-5-10-15)12-13-7-6-8-14(16)11-13/h6-8,11,15H,2-5,9-10,12H2,1H3. The van der Waals surface area contributed by atoms with Crippen molar-refractivity contribution in [2.75, 3.05) is 7.05 Å². The summed E-state index contributed by atoms with van der Waals surface area (Å²) in [6, 6.07) is 9.46. The van der Waals surface area contributed by atoms with E-state index in [1.807, 2.05) is 0 Å². The molecule has 94 valence electrons. The Bertz CT molecular complexity index is 343. The summed E-state index contributed by atoms with van der Waals surface area (Å²) in [6.07, 6.45) is 8.44. The molecule has 0 atom stereocenters. The largest absolute Gasteiger partial charge is 0.299 e. The van der Waals surface area contributed by atoms with Gasteiger partial charge in [0.15, 0.2) is 0 Å². The fourth-order valence-corrected chi connectivity index (χ4v) is 3.20. The number of hydrogen-bond acceptors (Lipinski definition) is 1. The molecule has 1 aromatic carbocycles. The van der Waals surface area contributed by atoms with Gasteiger partial charge in [-0.25, -0.2) is 0 Å². The van der Waals surface area contributed by atoms with Crippen LogP contribution in [0.25, 0.3) is 0 Å². The fraction of sp³-hybridized carbons (Fsp3) is 0.600. The van der Waals surface area contributed by atoms with Crippen molar-refractivity contribution in [3.05, 3.63) is 34.3 Å². The van der Waals surface area contributed by atoms with E-state index < -0.39 is 0 Å². The third kappa shape index (κ3) is 4.11. The predicted octanol–water partition coefficient (Wildman–Crippen LogP) is 4.60. The Morgan fingerprint density at radius 3 is 2.53 bits per heavy atom. The Balaban J connectivity index is 1.93. The molecule has 1 aliphatic rings. The molecule has 0 aromatic heterocycles. The van der Waals surface area contributed by atoms with E-state index in [4.69, 9.17) is 0 Å². The van der Waals surface area contributed by atoms with Crippen LogP contribution in [0.2, 0.25) is 0 Å². The normalized spacial score (nSPS) is 18.3. The van der Waals surface area contributed by atoms with Crippen LogP contribution in [0.15, 0.2) is 28.7 Å². The third-order valence-corrected chi connectivity index (χ3v) is 4.26. The maximum Gasteiger partial charge on any atom is 0.0234 e. The number of rotatable bonds is 3. The molecule has 17 heavy (non-hydrogen) atoms. The molecule has 1 aliphatic carbocycles. The van der Waals surface area contributed by atoms with Gasteiger partial charge in [-0.1, -0.05) is 53.7 Å². The van der Waals surface area contributed by atoms with Gasteiger partial charge < -0.3 is 0 Å². The quantitative estimate of drug-likeness (QED) is 0.737. The number of nitrogens with zero attached hydrogens (tertiary/aromatic N) is 1. The van der Waals surface area contributed by atoms with E-state index in [2.05, 4.69) is 52.1 Å². The van der Waals surface area contributed by atoms with Crippen LogP contribution in [-0.4, -0.2) is 18.0 Å². The molecule has 0 amide bonds. The lowest BCUT2D eigenvalue weighted by Crippen LogP contribution is -2.30. The van der Waals surface area contributed by atoms with Gasteiger partial charge in [-0.2, -0.15) is 0 Å². The first-order valence-corrected chi connectivity index (χ1v) is 7.50. The summed E-state index contributed by atoms with van der Waals surface area (Å²) in [7, 11) is 2.27. The van der Waals surface area contributed by atoms with Crippen molar-refractivity contribution in [2.45, 2.75) is 51.1 Å². The van der Waals surface area contributed by atoms with Gasteiger partial charge in [0.25, 0.3) is 0 Å². The van der Waals surface area contributed by atoms with Gasteiger partial charge in [0.1, 0.15) is 0 Å². The molecule has 0 N–H and O–H groups in total. The molecule has 1 fully saturated rings. The van der Waals surface area contributed by atoms with Crippen molar-refractivity contribution >= 4 is 15.9 Å². The lowest BCUT2D eigenvalue weighted by molar-refractivity contribution is 0.213. The lowest BCUT2D eigenvalue weighted by Gasteiger charge is -2.27. The zero-order valence-corrected chi connectivity index (χ0v) is 12.2. The van der Waals surface area contributed by atoms with Gasteiger partial charge in [-0.15, -0.1) is 0 Å². The van der Waals surface area contributed by atoms with E-state index in [1.165, 1.54) is 48.6 Å². The van der Waals surface area contributed by atoms with E-state index in [9.17, 15) is 0 Å². The van der Waals surface area contributed by atoms with Crippen molar-refractivity contribution in [1.29, 1.82) is 0 Å². The molecule has 1 aromatic rings. The second-order valence-electron chi connectivity index (χ2n) is 5.19. The van der Waals surface area contributed by atoms with Gasteiger partial charge in [-0.3, -0.25) is 4.90 Å². The van der Waals surface area contributed by atoms with Crippen LogP contribution in [0, 0.1) is 0 Å². The summed E-state index contributed by atoms with van der Waals surface area (Å²) < 4.78 is 1.18. The molecule has 0 spiro atoms. The molecule has 1 saturated carbocycles. The van der Waals surface area contributed by atoms with Crippen LogP contribution in [0.4, 0.5) is 0 Å². The van der Waals surface area contributed by atoms with Gasteiger partial charge in [0, 0.05) is 17.1 Å². The lowest BCUT2D eigenvalue weighted by atomic mass is 10.1. The highest BCUT2D eigenvalue weighted by molar-refractivity contribution is 9.10. The van der Waals surface area contributed by atoms with E-state index in [0.717, 1.165) is 12.6 Å². The predicted molar refractivity (Wildman–Crippen MR) is 77.1 cm³/mol. The third-order valence-electron chi connectivity index (χ3n) is 3.77. The molecular weight excluding hydrogens is 274 g/mol. The number of benzene rings is 1. The zero-order valence-electron chi connectivity index (χ0n) is 10.7. The second kappa shape index (κ2) is 6.55. The van der Waals surface area contributed by atoms with Crippen LogP contribution in [-0.2, 0) is 6.54 Å². The summed E-state index contributed by atoms with van der Waals surface area (Å²) in [5.74, 6) is 0. The molecular formula is C15H22BrN. The first-order chi connectivity index (χ1) is 8.25. The molecule has 1 nitrogen and oxygen atoms in total. The minimum absolute atomic E-state index is 0.788. The Hall–Kier alpha value is -0.340. The molecule has 2 rings (SSSR count). The molecule has 0 bridgehead atoms. The molecule has 0 unspecified atom stereocenters. The van der Waals surface area contributed by atoms with Gasteiger partial charge >= 0.3 is 0 Å². The monoisotopic (exact) mass is 295 g/mol. The van der Waals surface area contributed by atoms with E-state index in [0.29, 0.717) is 0 Å². The van der Waals surface area contributed by atoms with Crippen LogP contribution >= 0.6 is 15.9 Å².